The number of anilines is 1. The van der Waals surface area contributed by atoms with Gasteiger partial charge < -0.3 is 4.90 Å². The summed E-state index contributed by atoms with van der Waals surface area (Å²) < 4.78 is 243. The van der Waals surface area contributed by atoms with Gasteiger partial charge in [0.25, 0.3) is 0 Å². The van der Waals surface area contributed by atoms with E-state index in [2.05, 4.69) is 0 Å². The van der Waals surface area contributed by atoms with Crippen LogP contribution in [0.3, 0.4) is 0 Å². The number of benzene rings is 4. The summed E-state index contributed by atoms with van der Waals surface area (Å²) in [5.74, 6) is -43.7. The van der Waals surface area contributed by atoms with Gasteiger partial charge in [-0.2, -0.15) is 79.2 Å². The summed E-state index contributed by atoms with van der Waals surface area (Å²) in [4.78, 5) is 1.27. The molecule has 0 radical (unpaired) electrons. The SMILES string of the molecule is CC1=C(/C=C/C2=[N+](CCC(F)(F)C(F)(F)C(F)(F)C(F)(F)F)c3ccc4ccccc4c3C2(C)C)CCC/C1=C\C=C1\N(CCC(F)(F)C(F)(F)C(F)(F)C(C)(F)F)c2ccc3ccccc3c2C1(C)C. The molecule has 71 heavy (non-hydrogen) atoms. The van der Waals surface area contributed by atoms with Crippen LogP contribution >= 0.6 is 0 Å². The van der Waals surface area contributed by atoms with E-state index in [0.717, 1.165) is 5.39 Å². The summed E-state index contributed by atoms with van der Waals surface area (Å²) in [6.45, 7) is 5.96. The van der Waals surface area contributed by atoms with E-state index in [9.17, 15) is 57.1 Å². The van der Waals surface area contributed by atoms with Gasteiger partial charge in [-0.15, -0.1) is 0 Å². The fourth-order valence-corrected chi connectivity index (χ4v) is 10.1. The molecule has 0 saturated carbocycles. The molecule has 0 amide bonds. The van der Waals surface area contributed by atoms with E-state index in [1.54, 1.807) is 120 Å². The Hall–Kier alpha value is -5.36. The van der Waals surface area contributed by atoms with E-state index in [4.69, 9.17) is 0 Å². The third-order valence-electron chi connectivity index (χ3n) is 14.2. The van der Waals surface area contributed by atoms with E-state index in [1.807, 2.05) is 0 Å². The highest BCUT2D eigenvalue weighted by atomic mass is 19.4. The number of hydrogen-bond acceptors (Lipinski definition) is 1. The molecule has 0 unspecified atom stereocenters. The van der Waals surface area contributed by atoms with E-state index >= 15 is 17.6 Å². The van der Waals surface area contributed by atoms with Crippen LogP contribution in [0.15, 0.2) is 120 Å². The second kappa shape index (κ2) is 17.4. The lowest BCUT2D eigenvalue weighted by Gasteiger charge is -2.36. The van der Waals surface area contributed by atoms with Gasteiger partial charge in [0.1, 0.15) is 0 Å². The molecule has 0 saturated heterocycles. The highest BCUT2D eigenvalue weighted by molar-refractivity contribution is 6.07. The molecule has 3 aliphatic rings. The minimum atomic E-state index is -7.06. The van der Waals surface area contributed by atoms with Crippen LogP contribution in [0, 0.1) is 0 Å². The fourth-order valence-electron chi connectivity index (χ4n) is 10.1. The molecule has 0 aromatic heterocycles. The third-order valence-corrected chi connectivity index (χ3v) is 14.2. The summed E-state index contributed by atoms with van der Waals surface area (Å²) in [6, 6.07) is 20.3. The number of allylic oxidation sites excluding steroid dienone is 8. The first-order valence-corrected chi connectivity index (χ1v) is 22.5. The zero-order valence-electron chi connectivity index (χ0n) is 39.0. The molecule has 0 spiro atoms. The molecule has 2 aliphatic heterocycles. The zero-order chi connectivity index (χ0) is 52.9. The van der Waals surface area contributed by atoms with Gasteiger partial charge in [-0.1, -0.05) is 80.6 Å². The first-order valence-electron chi connectivity index (χ1n) is 22.5. The average molecular weight is 1020 g/mol. The smallest absolute Gasteiger partial charge is 0.344 e. The van der Waals surface area contributed by atoms with Crippen molar-refractivity contribution >= 4 is 38.6 Å². The molecular formula is C52H48F17N2+. The topological polar surface area (TPSA) is 6.25 Å². The first kappa shape index (κ1) is 53.4. The Morgan fingerprint density at radius 3 is 1.69 bits per heavy atom. The van der Waals surface area contributed by atoms with Crippen LogP contribution in [-0.2, 0) is 10.8 Å². The van der Waals surface area contributed by atoms with Gasteiger partial charge in [0, 0.05) is 54.4 Å². The van der Waals surface area contributed by atoms with Crippen molar-refractivity contribution in [2.75, 3.05) is 18.0 Å². The fraction of sp³-hybridized carbons (Fsp3) is 0.442. The largest absolute Gasteiger partial charge is 0.460 e. The highest BCUT2D eigenvalue weighted by Gasteiger charge is 2.82. The van der Waals surface area contributed by atoms with E-state index in [0.29, 0.717) is 63.3 Å². The molecule has 0 atom stereocenters. The van der Waals surface area contributed by atoms with Crippen molar-refractivity contribution in [3.63, 3.8) is 0 Å². The van der Waals surface area contributed by atoms with Crippen LogP contribution in [0.2, 0.25) is 0 Å². The minimum absolute atomic E-state index is 0.222. The van der Waals surface area contributed by atoms with Crippen molar-refractivity contribution in [3.8, 4) is 0 Å². The van der Waals surface area contributed by atoms with Crippen molar-refractivity contribution in [3.05, 3.63) is 131 Å². The van der Waals surface area contributed by atoms with E-state index < -0.39 is 91.3 Å². The van der Waals surface area contributed by atoms with Crippen LogP contribution in [0.4, 0.5) is 86.0 Å². The predicted molar refractivity (Wildman–Crippen MR) is 239 cm³/mol. The molecular weight excluding hydrogens is 976 g/mol. The number of hydrogen-bond donors (Lipinski definition) is 0. The third kappa shape index (κ3) is 8.51. The highest BCUT2D eigenvalue weighted by Crippen LogP contribution is 2.57. The van der Waals surface area contributed by atoms with Crippen molar-refractivity contribution in [1.29, 1.82) is 0 Å². The number of nitrogens with zero attached hydrogens (tertiary/aromatic N) is 2. The Morgan fingerprint density at radius 1 is 0.577 bits per heavy atom. The predicted octanol–water partition coefficient (Wildman–Crippen LogP) is 16.8. The number of rotatable bonds is 14. The van der Waals surface area contributed by atoms with Gasteiger partial charge in [-0.3, -0.25) is 0 Å². The molecule has 0 N–H and O–H groups in total. The van der Waals surface area contributed by atoms with Crippen molar-refractivity contribution < 1.29 is 79.2 Å². The summed E-state index contributed by atoms with van der Waals surface area (Å²) >= 11 is 0. The minimum Gasteiger partial charge on any atom is -0.344 e. The maximum Gasteiger partial charge on any atom is 0.460 e. The van der Waals surface area contributed by atoms with Crippen LogP contribution in [0.5, 0.6) is 0 Å². The van der Waals surface area contributed by atoms with Crippen molar-refractivity contribution in [2.24, 2.45) is 0 Å². The van der Waals surface area contributed by atoms with Crippen molar-refractivity contribution in [2.45, 2.75) is 132 Å². The molecule has 0 bridgehead atoms. The lowest BCUT2D eigenvalue weighted by molar-refractivity contribution is -0.454. The summed E-state index contributed by atoms with van der Waals surface area (Å²) in [5.41, 5.74) is 1.99. The second-order valence-corrected chi connectivity index (χ2v) is 19.5. The lowest BCUT2D eigenvalue weighted by atomic mass is 9.78. The Balaban J connectivity index is 1.28. The number of alkyl halides is 17. The average Bonchev–Trinajstić information content (AvgIpc) is 3.63. The van der Waals surface area contributed by atoms with E-state index in [1.165, 1.54) is 21.6 Å². The molecule has 7 rings (SSSR count). The van der Waals surface area contributed by atoms with Gasteiger partial charge in [-0.05, 0) is 102 Å². The normalized spacial score (nSPS) is 19.6. The van der Waals surface area contributed by atoms with Gasteiger partial charge in [0.05, 0.1) is 11.8 Å². The maximum atomic E-state index is 15.3. The number of fused-ring (bicyclic) bond motifs is 6. The Kier molecular flexibility index (Phi) is 13.1. The molecule has 19 heteroatoms. The van der Waals surface area contributed by atoms with Gasteiger partial charge in [-0.25, -0.2) is 0 Å². The molecule has 4 aromatic rings. The summed E-state index contributed by atoms with van der Waals surface area (Å²) in [5, 5.41) is 2.73. The molecule has 2 heterocycles. The molecule has 384 valence electrons. The number of halogens is 17. The van der Waals surface area contributed by atoms with Gasteiger partial charge in [0.2, 0.25) is 5.69 Å². The molecule has 0 fully saturated rings. The first-order chi connectivity index (χ1) is 32.5. The zero-order valence-corrected chi connectivity index (χ0v) is 39.0. The van der Waals surface area contributed by atoms with Gasteiger partial charge >= 0.3 is 47.6 Å². The second-order valence-electron chi connectivity index (χ2n) is 19.5. The van der Waals surface area contributed by atoms with Crippen LogP contribution in [0.25, 0.3) is 21.5 Å². The molecule has 2 nitrogen and oxygen atoms in total. The quantitative estimate of drug-likeness (QED) is 0.0901. The van der Waals surface area contributed by atoms with Crippen molar-refractivity contribution in [1.82, 2.24) is 0 Å². The summed E-state index contributed by atoms with van der Waals surface area (Å²) in [7, 11) is 0. The van der Waals surface area contributed by atoms with Gasteiger partial charge in [0.15, 0.2) is 12.3 Å². The maximum absolute atomic E-state index is 15.3. The van der Waals surface area contributed by atoms with E-state index in [-0.39, 0.29) is 22.8 Å². The molecule has 1 aliphatic carbocycles. The van der Waals surface area contributed by atoms with Crippen LogP contribution in [-0.4, -0.2) is 71.0 Å². The Bertz CT molecular complexity index is 2910. The Morgan fingerprint density at radius 2 is 1.11 bits per heavy atom. The standard InChI is InChI=1S/C52H48F17N2/c1-30-31(20-24-39-43(2,3)41-35-16-9-7-12-33(35)18-22-37(41)70(39)28-26-46(55,56)49(61,62)48(59,60)45(6,53)54)14-11-15-32(30)21-25-40-44(4,5)42-36-17-10-8-13-34(36)19-23-38(42)71(40)29-27-47(57,58)50(63,64)51(65,66)52(67,68)69/h7-10,12-13,16-25H,11,14-15,26-29H2,1-6H3/q+1. The Labute approximate surface area is 397 Å². The molecule has 4 aromatic carbocycles. The summed E-state index contributed by atoms with van der Waals surface area (Å²) in [6.07, 6.45) is -3.27. The monoisotopic (exact) mass is 1020 g/mol. The lowest BCUT2D eigenvalue weighted by Crippen LogP contribution is -2.61. The van der Waals surface area contributed by atoms with Crippen LogP contribution in [0.1, 0.15) is 84.8 Å². The van der Waals surface area contributed by atoms with Crippen LogP contribution < -0.4 is 4.90 Å².